The molecule has 1 N–H and O–H groups in total. The minimum Gasteiger partial charge on any atom is -0.490 e. The van der Waals surface area contributed by atoms with Crippen molar-refractivity contribution in [2.45, 2.75) is 59.5 Å². The molecule has 0 aliphatic carbocycles. The molecule has 0 fully saturated rings. The standard InChI is InChI=1S/C26H36N2O4/c1-6-22(26(30)27-5)28(18-21-11-9-10-19(4)16-21)25(29)15-13-20-12-14-23(31-7-2)24(17-20)32-8-3/h9-12,14,16-17,22H,6-8,13,15,18H2,1-5H3,(H,27,30)/t22-/m0/s1. The summed E-state index contributed by atoms with van der Waals surface area (Å²) in [7, 11) is 1.61. The molecule has 2 rings (SSSR count). The van der Waals surface area contributed by atoms with Crippen LogP contribution in [0.3, 0.4) is 0 Å². The second-order valence-electron chi connectivity index (χ2n) is 7.70. The number of carbonyl (C=O) groups excluding carboxylic acids is 2. The van der Waals surface area contributed by atoms with Crippen molar-refractivity contribution in [3.8, 4) is 11.5 Å². The Morgan fingerprint density at radius 3 is 2.31 bits per heavy atom. The first-order valence-electron chi connectivity index (χ1n) is 11.4. The summed E-state index contributed by atoms with van der Waals surface area (Å²) in [4.78, 5) is 27.5. The molecule has 174 valence electrons. The van der Waals surface area contributed by atoms with Crippen LogP contribution in [-0.4, -0.2) is 43.0 Å². The fourth-order valence-electron chi connectivity index (χ4n) is 3.74. The highest BCUT2D eigenvalue weighted by Crippen LogP contribution is 2.29. The van der Waals surface area contributed by atoms with Gasteiger partial charge in [0.25, 0.3) is 0 Å². The van der Waals surface area contributed by atoms with Crippen molar-refractivity contribution in [3.63, 3.8) is 0 Å². The van der Waals surface area contributed by atoms with Gasteiger partial charge in [0.15, 0.2) is 11.5 Å². The maximum atomic E-state index is 13.3. The first-order chi connectivity index (χ1) is 15.4. The number of rotatable bonds is 12. The van der Waals surface area contributed by atoms with Crippen molar-refractivity contribution >= 4 is 11.8 Å². The lowest BCUT2D eigenvalue weighted by molar-refractivity contribution is -0.141. The lowest BCUT2D eigenvalue weighted by atomic mass is 10.0. The Balaban J connectivity index is 2.20. The topological polar surface area (TPSA) is 67.9 Å². The van der Waals surface area contributed by atoms with Crippen LogP contribution in [0.4, 0.5) is 0 Å². The normalized spacial score (nSPS) is 11.5. The quantitative estimate of drug-likeness (QED) is 0.535. The Hall–Kier alpha value is -3.02. The molecule has 6 nitrogen and oxygen atoms in total. The molecular formula is C26H36N2O4. The van der Waals surface area contributed by atoms with Crippen LogP contribution in [-0.2, 0) is 22.6 Å². The van der Waals surface area contributed by atoms with Crippen LogP contribution in [0.2, 0.25) is 0 Å². The zero-order valence-corrected chi connectivity index (χ0v) is 19.9. The third-order valence-electron chi connectivity index (χ3n) is 5.30. The lowest BCUT2D eigenvalue weighted by Gasteiger charge is -2.30. The molecular weight excluding hydrogens is 404 g/mol. The van der Waals surface area contributed by atoms with Gasteiger partial charge in [0.2, 0.25) is 11.8 Å². The summed E-state index contributed by atoms with van der Waals surface area (Å²) in [5.41, 5.74) is 3.13. The maximum absolute atomic E-state index is 13.3. The highest BCUT2D eigenvalue weighted by Gasteiger charge is 2.27. The first-order valence-corrected chi connectivity index (χ1v) is 11.4. The second-order valence-corrected chi connectivity index (χ2v) is 7.70. The molecule has 0 spiro atoms. The summed E-state index contributed by atoms with van der Waals surface area (Å²) in [5, 5.41) is 2.70. The van der Waals surface area contributed by atoms with E-state index in [-0.39, 0.29) is 11.8 Å². The van der Waals surface area contributed by atoms with Gasteiger partial charge in [0, 0.05) is 20.0 Å². The van der Waals surface area contributed by atoms with Gasteiger partial charge in [-0.3, -0.25) is 9.59 Å². The number of hydrogen-bond acceptors (Lipinski definition) is 4. The number of carbonyl (C=O) groups is 2. The summed E-state index contributed by atoms with van der Waals surface area (Å²) < 4.78 is 11.3. The minimum absolute atomic E-state index is 0.0474. The summed E-state index contributed by atoms with van der Waals surface area (Å²) in [6.45, 7) is 9.31. The number of nitrogens with one attached hydrogen (secondary N) is 1. The molecule has 0 bridgehead atoms. The smallest absolute Gasteiger partial charge is 0.242 e. The summed E-state index contributed by atoms with van der Waals surface area (Å²) in [6.07, 6.45) is 1.41. The molecule has 0 aliphatic rings. The summed E-state index contributed by atoms with van der Waals surface area (Å²) in [5.74, 6) is 1.20. The van der Waals surface area contributed by atoms with E-state index in [0.717, 1.165) is 16.7 Å². The Morgan fingerprint density at radius 1 is 0.969 bits per heavy atom. The van der Waals surface area contributed by atoms with Gasteiger partial charge in [0.1, 0.15) is 6.04 Å². The highest BCUT2D eigenvalue weighted by atomic mass is 16.5. The number of benzene rings is 2. The number of amides is 2. The predicted octanol–water partition coefficient (Wildman–Crippen LogP) is 4.28. The Bertz CT molecular complexity index is 897. The fourth-order valence-corrected chi connectivity index (χ4v) is 3.74. The van der Waals surface area contributed by atoms with E-state index in [0.29, 0.717) is 50.5 Å². The van der Waals surface area contributed by atoms with E-state index in [2.05, 4.69) is 11.4 Å². The molecule has 0 heterocycles. The molecule has 0 radical (unpaired) electrons. The van der Waals surface area contributed by atoms with E-state index >= 15 is 0 Å². The van der Waals surface area contributed by atoms with Gasteiger partial charge in [-0.1, -0.05) is 42.8 Å². The third kappa shape index (κ3) is 7.01. The molecule has 0 saturated heterocycles. The Labute approximate surface area is 191 Å². The van der Waals surface area contributed by atoms with E-state index in [1.165, 1.54) is 0 Å². The lowest BCUT2D eigenvalue weighted by Crippen LogP contribution is -2.48. The van der Waals surface area contributed by atoms with Gasteiger partial charge in [-0.05, 0) is 56.9 Å². The zero-order chi connectivity index (χ0) is 23.5. The molecule has 2 aromatic rings. The molecule has 0 aliphatic heterocycles. The van der Waals surface area contributed by atoms with Crippen LogP contribution < -0.4 is 14.8 Å². The van der Waals surface area contributed by atoms with Gasteiger partial charge < -0.3 is 19.7 Å². The average Bonchev–Trinajstić information content (AvgIpc) is 2.79. The van der Waals surface area contributed by atoms with Crippen LogP contribution in [0.15, 0.2) is 42.5 Å². The van der Waals surface area contributed by atoms with Crippen LogP contribution in [0.5, 0.6) is 11.5 Å². The van der Waals surface area contributed by atoms with Crippen LogP contribution >= 0.6 is 0 Å². The van der Waals surface area contributed by atoms with E-state index < -0.39 is 6.04 Å². The van der Waals surface area contributed by atoms with E-state index in [1.54, 1.807) is 11.9 Å². The molecule has 2 aromatic carbocycles. The van der Waals surface area contributed by atoms with Crippen molar-refractivity contribution in [1.82, 2.24) is 10.2 Å². The third-order valence-corrected chi connectivity index (χ3v) is 5.30. The zero-order valence-electron chi connectivity index (χ0n) is 19.9. The summed E-state index contributed by atoms with van der Waals surface area (Å²) in [6, 6.07) is 13.3. The van der Waals surface area contributed by atoms with E-state index in [4.69, 9.17) is 9.47 Å². The van der Waals surface area contributed by atoms with Crippen molar-refractivity contribution in [2.75, 3.05) is 20.3 Å². The van der Waals surface area contributed by atoms with Crippen molar-refractivity contribution in [2.24, 2.45) is 0 Å². The van der Waals surface area contributed by atoms with Gasteiger partial charge >= 0.3 is 0 Å². The molecule has 1 atom stereocenters. The van der Waals surface area contributed by atoms with Gasteiger partial charge in [-0.15, -0.1) is 0 Å². The first kappa shape index (κ1) is 25.2. The van der Waals surface area contributed by atoms with E-state index in [9.17, 15) is 9.59 Å². The van der Waals surface area contributed by atoms with Crippen LogP contribution in [0.1, 0.15) is 50.3 Å². The molecule has 6 heteroatoms. The predicted molar refractivity (Wildman–Crippen MR) is 127 cm³/mol. The van der Waals surface area contributed by atoms with Crippen molar-refractivity contribution in [3.05, 3.63) is 59.2 Å². The summed E-state index contributed by atoms with van der Waals surface area (Å²) >= 11 is 0. The maximum Gasteiger partial charge on any atom is 0.242 e. The number of aryl methyl sites for hydroxylation is 2. The molecule has 2 amide bonds. The Kier molecular flexibility index (Phi) is 10.1. The van der Waals surface area contributed by atoms with Crippen molar-refractivity contribution < 1.29 is 19.1 Å². The van der Waals surface area contributed by atoms with Crippen LogP contribution in [0.25, 0.3) is 0 Å². The van der Waals surface area contributed by atoms with E-state index in [1.807, 2.05) is 64.1 Å². The van der Waals surface area contributed by atoms with Crippen molar-refractivity contribution in [1.29, 1.82) is 0 Å². The minimum atomic E-state index is -0.507. The number of hydrogen-bond donors (Lipinski definition) is 1. The number of ether oxygens (including phenoxy) is 2. The second kappa shape index (κ2) is 12.7. The number of nitrogens with zero attached hydrogens (tertiary/aromatic N) is 1. The monoisotopic (exact) mass is 440 g/mol. The van der Waals surface area contributed by atoms with Gasteiger partial charge in [-0.25, -0.2) is 0 Å². The molecule has 0 saturated carbocycles. The molecule has 32 heavy (non-hydrogen) atoms. The molecule has 0 unspecified atom stereocenters. The van der Waals surface area contributed by atoms with Gasteiger partial charge in [-0.2, -0.15) is 0 Å². The van der Waals surface area contributed by atoms with Gasteiger partial charge in [0.05, 0.1) is 13.2 Å². The Morgan fingerprint density at radius 2 is 1.69 bits per heavy atom. The average molecular weight is 441 g/mol. The number of likely N-dealkylation sites (N-methyl/N-ethyl adjacent to an activating group) is 1. The van der Waals surface area contributed by atoms with Crippen LogP contribution in [0, 0.1) is 6.92 Å². The largest absolute Gasteiger partial charge is 0.490 e. The fraction of sp³-hybridized carbons (Fsp3) is 0.462. The SMILES string of the molecule is CCOc1ccc(CCC(=O)N(Cc2cccc(C)c2)[C@@H](CC)C(=O)NC)cc1OCC. The molecule has 0 aromatic heterocycles. The highest BCUT2D eigenvalue weighted by molar-refractivity contribution is 5.87.